The topological polar surface area (TPSA) is 58.0 Å². The van der Waals surface area contributed by atoms with Crippen molar-refractivity contribution < 1.29 is 13.9 Å². The standard InChI is InChI=1S/C11H11F2N3O/c12-11(13)9(17)5-15-10-6-14-7-3-1-2-4-8(7)16-10/h1-4,6,9,11,17H,5H2,(H,15,16). The number of hydrogen-bond acceptors (Lipinski definition) is 4. The van der Waals surface area contributed by atoms with Gasteiger partial charge in [-0.1, -0.05) is 12.1 Å². The van der Waals surface area contributed by atoms with Crippen molar-refractivity contribution in [2.24, 2.45) is 0 Å². The summed E-state index contributed by atoms with van der Waals surface area (Å²) in [7, 11) is 0. The summed E-state index contributed by atoms with van der Waals surface area (Å²) in [6.45, 7) is -0.259. The molecule has 2 rings (SSSR count). The lowest BCUT2D eigenvalue weighted by Gasteiger charge is -2.11. The van der Waals surface area contributed by atoms with E-state index in [4.69, 9.17) is 5.11 Å². The fraction of sp³-hybridized carbons (Fsp3) is 0.273. The maximum Gasteiger partial charge on any atom is 0.265 e. The molecule has 1 heterocycles. The molecule has 0 spiro atoms. The van der Waals surface area contributed by atoms with E-state index in [9.17, 15) is 8.78 Å². The predicted molar refractivity (Wildman–Crippen MR) is 60.0 cm³/mol. The van der Waals surface area contributed by atoms with Crippen LogP contribution >= 0.6 is 0 Å². The Morgan fingerprint density at radius 1 is 1.24 bits per heavy atom. The van der Waals surface area contributed by atoms with E-state index in [1.54, 1.807) is 12.1 Å². The van der Waals surface area contributed by atoms with Crippen molar-refractivity contribution in [2.75, 3.05) is 11.9 Å². The number of alkyl halides is 2. The van der Waals surface area contributed by atoms with E-state index in [0.29, 0.717) is 11.3 Å². The summed E-state index contributed by atoms with van der Waals surface area (Å²) in [4.78, 5) is 8.29. The molecule has 0 aliphatic carbocycles. The summed E-state index contributed by atoms with van der Waals surface area (Å²) in [5, 5.41) is 11.6. The number of aliphatic hydroxyl groups is 1. The molecule has 0 saturated carbocycles. The molecule has 0 bridgehead atoms. The Morgan fingerprint density at radius 2 is 1.94 bits per heavy atom. The first-order chi connectivity index (χ1) is 8.16. The number of aliphatic hydroxyl groups excluding tert-OH is 1. The lowest BCUT2D eigenvalue weighted by Crippen LogP contribution is -2.27. The van der Waals surface area contributed by atoms with Gasteiger partial charge in [-0.3, -0.25) is 4.98 Å². The van der Waals surface area contributed by atoms with E-state index in [1.807, 2.05) is 12.1 Å². The largest absolute Gasteiger partial charge is 0.385 e. The lowest BCUT2D eigenvalue weighted by molar-refractivity contribution is 0.00381. The smallest absolute Gasteiger partial charge is 0.265 e. The first kappa shape index (κ1) is 11.7. The molecule has 1 atom stereocenters. The zero-order valence-corrected chi connectivity index (χ0v) is 8.85. The van der Waals surface area contributed by atoms with Gasteiger partial charge in [-0.05, 0) is 12.1 Å². The molecule has 2 N–H and O–H groups in total. The van der Waals surface area contributed by atoms with Crippen molar-refractivity contribution in [3.05, 3.63) is 30.5 Å². The Bertz CT molecular complexity index is 507. The molecule has 17 heavy (non-hydrogen) atoms. The summed E-state index contributed by atoms with van der Waals surface area (Å²) < 4.78 is 24.1. The molecular weight excluding hydrogens is 228 g/mol. The summed E-state index contributed by atoms with van der Waals surface area (Å²) in [6.07, 6.45) is -3.03. The van der Waals surface area contributed by atoms with E-state index in [0.717, 1.165) is 5.52 Å². The van der Waals surface area contributed by atoms with E-state index < -0.39 is 12.5 Å². The van der Waals surface area contributed by atoms with Crippen LogP contribution < -0.4 is 5.32 Å². The van der Waals surface area contributed by atoms with Crippen LogP contribution in [0.4, 0.5) is 14.6 Å². The number of rotatable bonds is 4. The fourth-order valence-corrected chi connectivity index (χ4v) is 1.34. The Kier molecular flexibility index (Phi) is 3.43. The minimum Gasteiger partial charge on any atom is -0.385 e. The van der Waals surface area contributed by atoms with Crippen molar-refractivity contribution in [1.82, 2.24) is 9.97 Å². The van der Waals surface area contributed by atoms with E-state index in [2.05, 4.69) is 15.3 Å². The van der Waals surface area contributed by atoms with Gasteiger partial charge in [0.1, 0.15) is 11.9 Å². The zero-order chi connectivity index (χ0) is 12.3. The van der Waals surface area contributed by atoms with Crippen LogP contribution in [0.25, 0.3) is 11.0 Å². The Hall–Kier alpha value is -1.82. The van der Waals surface area contributed by atoms with Crippen LogP contribution in [-0.4, -0.2) is 34.1 Å². The fourth-order valence-electron chi connectivity index (χ4n) is 1.34. The molecule has 1 aromatic carbocycles. The molecule has 6 heteroatoms. The second-order valence-electron chi connectivity index (χ2n) is 3.53. The highest BCUT2D eigenvalue weighted by molar-refractivity contribution is 5.75. The Labute approximate surface area is 96.3 Å². The predicted octanol–water partition coefficient (Wildman–Crippen LogP) is 1.67. The SMILES string of the molecule is OC(CNc1cnc2ccccc2n1)C(F)F. The van der Waals surface area contributed by atoms with Gasteiger partial charge in [-0.25, -0.2) is 13.8 Å². The molecule has 0 radical (unpaired) electrons. The van der Waals surface area contributed by atoms with Gasteiger partial charge in [-0.2, -0.15) is 0 Å². The van der Waals surface area contributed by atoms with Crippen LogP contribution in [0.5, 0.6) is 0 Å². The number of nitrogens with one attached hydrogen (secondary N) is 1. The second kappa shape index (κ2) is 5.01. The normalized spacial score (nSPS) is 12.9. The highest BCUT2D eigenvalue weighted by Gasteiger charge is 2.16. The molecule has 0 aliphatic rings. The van der Waals surface area contributed by atoms with Crippen LogP contribution in [0.3, 0.4) is 0 Å². The molecule has 0 saturated heterocycles. The van der Waals surface area contributed by atoms with Gasteiger partial charge < -0.3 is 10.4 Å². The molecule has 1 aromatic heterocycles. The molecule has 0 fully saturated rings. The first-order valence-electron chi connectivity index (χ1n) is 5.08. The van der Waals surface area contributed by atoms with Crippen LogP contribution in [0, 0.1) is 0 Å². The van der Waals surface area contributed by atoms with Crippen LogP contribution in [0.2, 0.25) is 0 Å². The maximum atomic E-state index is 12.1. The number of para-hydroxylation sites is 2. The minimum atomic E-state index is -2.77. The van der Waals surface area contributed by atoms with Crippen molar-refractivity contribution in [2.45, 2.75) is 12.5 Å². The molecule has 0 aliphatic heterocycles. The minimum absolute atomic E-state index is 0.259. The number of hydrogen-bond donors (Lipinski definition) is 2. The van der Waals surface area contributed by atoms with Crippen LogP contribution in [0.15, 0.2) is 30.5 Å². The van der Waals surface area contributed by atoms with Crippen molar-refractivity contribution in [1.29, 1.82) is 0 Å². The summed E-state index contributed by atoms with van der Waals surface area (Å²) in [5.74, 6) is 0.364. The third-order valence-electron chi connectivity index (χ3n) is 2.23. The molecule has 4 nitrogen and oxygen atoms in total. The molecular formula is C11H11F2N3O. The highest BCUT2D eigenvalue weighted by atomic mass is 19.3. The van der Waals surface area contributed by atoms with E-state index in [-0.39, 0.29) is 6.54 Å². The van der Waals surface area contributed by atoms with Gasteiger partial charge in [0, 0.05) is 6.54 Å². The Balaban J connectivity index is 2.09. The van der Waals surface area contributed by atoms with Gasteiger partial charge >= 0.3 is 0 Å². The number of fused-ring (bicyclic) bond motifs is 1. The second-order valence-corrected chi connectivity index (χ2v) is 3.53. The maximum absolute atomic E-state index is 12.1. The third-order valence-corrected chi connectivity index (χ3v) is 2.23. The number of anilines is 1. The van der Waals surface area contributed by atoms with E-state index >= 15 is 0 Å². The van der Waals surface area contributed by atoms with Gasteiger partial charge in [0.05, 0.1) is 17.2 Å². The van der Waals surface area contributed by atoms with Crippen molar-refractivity contribution >= 4 is 16.9 Å². The van der Waals surface area contributed by atoms with Gasteiger partial charge in [-0.15, -0.1) is 0 Å². The average Bonchev–Trinajstić information content (AvgIpc) is 2.35. The summed E-state index contributed by atoms with van der Waals surface area (Å²) >= 11 is 0. The average molecular weight is 239 g/mol. The molecule has 2 aromatic rings. The highest BCUT2D eigenvalue weighted by Crippen LogP contribution is 2.11. The van der Waals surface area contributed by atoms with Crippen LogP contribution in [0.1, 0.15) is 0 Å². The monoisotopic (exact) mass is 239 g/mol. The quantitative estimate of drug-likeness (QED) is 0.852. The molecule has 90 valence electrons. The number of aromatic nitrogens is 2. The lowest BCUT2D eigenvalue weighted by atomic mass is 10.3. The van der Waals surface area contributed by atoms with Crippen LogP contribution in [-0.2, 0) is 0 Å². The van der Waals surface area contributed by atoms with Gasteiger partial charge in [0.25, 0.3) is 6.43 Å². The summed E-state index contributed by atoms with van der Waals surface area (Å²) in [6, 6.07) is 7.23. The first-order valence-corrected chi connectivity index (χ1v) is 5.08. The third kappa shape index (κ3) is 2.85. The molecule has 1 unspecified atom stereocenters. The number of halogens is 2. The summed E-state index contributed by atoms with van der Waals surface area (Å²) in [5.41, 5.74) is 1.40. The Morgan fingerprint density at radius 3 is 2.65 bits per heavy atom. The molecule has 0 amide bonds. The zero-order valence-electron chi connectivity index (χ0n) is 8.85. The number of nitrogens with zero attached hydrogens (tertiary/aromatic N) is 2. The van der Waals surface area contributed by atoms with Gasteiger partial charge in [0.2, 0.25) is 0 Å². The van der Waals surface area contributed by atoms with Crippen molar-refractivity contribution in [3.8, 4) is 0 Å². The van der Waals surface area contributed by atoms with E-state index in [1.165, 1.54) is 6.20 Å². The van der Waals surface area contributed by atoms with Gasteiger partial charge in [0.15, 0.2) is 0 Å². The number of benzene rings is 1. The van der Waals surface area contributed by atoms with Crippen molar-refractivity contribution in [3.63, 3.8) is 0 Å².